The molecule has 1 N–H and O–H groups in total. The highest BCUT2D eigenvalue weighted by Crippen LogP contribution is 2.24. The summed E-state index contributed by atoms with van der Waals surface area (Å²) in [4.78, 5) is 27.0. The summed E-state index contributed by atoms with van der Waals surface area (Å²) in [6, 6.07) is 0. The van der Waals surface area contributed by atoms with Gasteiger partial charge in [-0.1, -0.05) is 0 Å². The summed E-state index contributed by atoms with van der Waals surface area (Å²) in [5, 5.41) is 0. The van der Waals surface area contributed by atoms with Crippen molar-refractivity contribution in [3.8, 4) is 0 Å². The van der Waals surface area contributed by atoms with Crippen LogP contribution in [0.25, 0.3) is 0 Å². The van der Waals surface area contributed by atoms with Crippen molar-refractivity contribution in [2.75, 3.05) is 6.54 Å². The summed E-state index contributed by atoms with van der Waals surface area (Å²) in [5.74, 6) is -4.83. The number of ether oxygens (including phenoxy) is 1. The molecule has 0 spiro atoms. The maximum Gasteiger partial charge on any atom is 0.458 e. The lowest BCUT2D eigenvalue weighted by molar-refractivity contribution is -0.172. The SMILES string of the molecule is CC(C)(C)OC(=O)C1C=C(C(=O)C(F)(F)F)ONC1. The second-order valence-electron chi connectivity index (χ2n) is 4.95. The summed E-state index contributed by atoms with van der Waals surface area (Å²) in [6.45, 7) is 4.82. The molecule has 1 aliphatic heterocycles. The van der Waals surface area contributed by atoms with E-state index in [9.17, 15) is 22.8 Å². The van der Waals surface area contributed by atoms with Gasteiger partial charge in [-0.25, -0.2) is 0 Å². The molecule has 5 nitrogen and oxygen atoms in total. The number of rotatable bonds is 2. The van der Waals surface area contributed by atoms with Gasteiger partial charge in [0, 0.05) is 6.54 Å². The van der Waals surface area contributed by atoms with Gasteiger partial charge in [0.25, 0.3) is 0 Å². The van der Waals surface area contributed by atoms with Crippen molar-refractivity contribution in [3.63, 3.8) is 0 Å². The van der Waals surface area contributed by atoms with E-state index in [0.717, 1.165) is 6.08 Å². The largest absolute Gasteiger partial charge is 0.459 e. The van der Waals surface area contributed by atoms with Crippen LogP contribution in [0.5, 0.6) is 0 Å². The van der Waals surface area contributed by atoms with E-state index in [0.29, 0.717) is 0 Å². The van der Waals surface area contributed by atoms with Crippen LogP contribution in [0.15, 0.2) is 11.8 Å². The van der Waals surface area contributed by atoms with E-state index in [2.05, 4.69) is 10.3 Å². The van der Waals surface area contributed by atoms with E-state index >= 15 is 0 Å². The predicted molar refractivity (Wildman–Crippen MR) is 57.6 cm³/mol. The van der Waals surface area contributed by atoms with Crippen LogP contribution in [0.1, 0.15) is 20.8 Å². The van der Waals surface area contributed by atoms with Gasteiger partial charge in [-0.05, 0) is 26.8 Å². The van der Waals surface area contributed by atoms with Gasteiger partial charge in [0.2, 0.25) is 0 Å². The van der Waals surface area contributed by atoms with Crippen molar-refractivity contribution in [1.82, 2.24) is 5.48 Å². The van der Waals surface area contributed by atoms with Gasteiger partial charge in [0.1, 0.15) is 5.60 Å². The van der Waals surface area contributed by atoms with Gasteiger partial charge in [0.05, 0.1) is 5.92 Å². The summed E-state index contributed by atoms with van der Waals surface area (Å²) < 4.78 is 41.7. The van der Waals surface area contributed by atoms with Crippen molar-refractivity contribution < 1.29 is 32.3 Å². The highest BCUT2D eigenvalue weighted by atomic mass is 19.4. The number of halogens is 3. The molecule has 0 bridgehead atoms. The molecular formula is C11H14F3NO4. The minimum absolute atomic E-state index is 0.0659. The van der Waals surface area contributed by atoms with Gasteiger partial charge < -0.3 is 9.57 Å². The number of esters is 1. The molecule has 1 rings (SSSR count). The molecular weight excluding hydrogens is 267 g/mol. The van der Waals surface area contributed by atoms with E-state index in [-0.39, 0.29) is 6.54 Å². The van der Waals surface area contributed by atoms with Crippen molar-refractivity contribution in [3.05, 3.63) is 11.8 Å². The molecule has 1 unspecified atom stereocenters. The van der Waals surface area contributed by atoms with Crippen molar-refractivity contribution in [2.24, 2.45) is 5.92 Å². The lowest BCUT2D eigenvalue weighted by atomic mass is 10.1. The minimum atomic E-state index is -5.05. The Morgan fingerprint density at radius 2 is 1.95 bits per heavy atom. The monoisotopic (exact) mass is 281 g/mol. The number of alkyl halides is 3. The first-order valence-corrected chi connectivity index (χ1v) is 5.46. The Morgan fingerprint density at radius 1 is 1.37 bits per heavy atom. The molecule has 0 aliphatic carbocycles. The molecule has 0 saturated heterocycles. The highest BCUT2D eigenvalue weighted by molar-refractivity contribution is 5.98. The van der Waals surface area contributed by atoms with E-state index in [1.165, 1.54) is 0 Å². The average molecular weight is 281 g/mol. The molecule has 0 radical (unpaired) electrons. The molecule has 0 aromatic heterocycles. The molecule has 0 aromatic rings. The van der Waals surface area contributed by atoms with Crippen LogP contribution < -0.4 is 5.48 Å². The summed E-state index contributed by atoms with van der Waals surface area (Å²) in [6.07, 6.45) is -4.23. The number of nitrogens with one attached hydrogen (secondary N) is 1. The zero-order valence-corrected chi connectivity index (χ0v) is 10.6. The van der Waals surface area contributed by atoms with E-state index in [4.69, 9.17) is 4.74 Å². The number of ketones is 1. The Balaban J connectivity index is 2.83. The smallest absolute Gasteiger partial charge is 0.458 e. The number of allylic oxidation sites excluding steroid dienone is 1. The van der Waals surface area contributed by atoms with Gasteiger partial charge in [-0.3, -0.25) is 9.59 Å². The lowest BCUT2D eigenvalue weighted by Crippen LogP contribution is -2.39. The zero-order chi connectivity index (χ0) is 14.8. The molecule has 1 heterocycles. The molecule has 19 heavy (non-hydrogen) atoms. The van der Waals surface area contributed by atoms with Crippen molar-refractivity contribution in [2.45, 2.75) is 32.5 Å². The third kappa shape index (κ3) is 4.55. The standard InChI is InChI=1S/C11H14F3NO4/c1-10(2,3)18-9(17)6-4-7(19-15-5-6)8(16)11(12,13)14/h4,6,15H,5H2,1-3H3. The average Bonchev–Trinajstić information content (AvgIpc) is 2.24. The topological polar surface area (TPSA) is 64.6 Å². The Bertz CT molecular complexity index is 409. The van der Waals surface area contributed by atoms with E-state index in [1.807, 2.05) is 0 Å². The Kier molecular flexibility index (Phi) is 4.24. The fourth-order valence-electron chi connectivity index (χ4n) is 1.28. The fourth-order valence-corrected chi connectivity index (χ4v) is 1.28. The maximum absolute atomic E-state index is 12.2. The van der Waals surface area contributed by atoms with Gasteiger partial charge in [-0.2, -0.15) is 18.7 Å². The molecule has 1 aliphatic rings. The second kappa shape index (κ2) is 5.20. The van der Waals surface area contributed by atoms with Crippen LogP contribution >= 0.6 is 0 Å². The van der Waals surface area contributed by atoms with Gasteiger partial charge in [0.15, 0.2) is 5.76 Å². The molecule has 0 aromatic carbocycles. The summed E-state index contributed by atoms with van der Waals surface area (Å²) in [7, 11) is 0. The third-order valence-electron chi connectivity index (χ3n) is 2.03. The van der Waals surface area contributed by atoms with Crippen LogP contribution in [-0.2, 0) is 19.2 Å². The summed E-state index contributed by atoms with van der Waals surface area (Å²) in [5.41, 5.74) is 1.35. The summed E-state index contributed by atoms with van der Waals surface area (Å²) >= 11 is 0. The molecule has 0 saturated carbocycles. The van der Waals surface area contributed by atoms with E-state index < -0.39 is 35.2 Å². The lowest BCUT2D eigenvalue weighted by Gasteiger charge is -2.25. The van der Waals surface area contributed by atoms with Crippen molar-refractivity contribution in [1.29, 1.82) is 0 Å². The number of carbonyl (C=O) groups excluding carboxylic acids is 2. The van der Waals surface area contributed by atoms with E-state index in [1.54, 1.807) is 20.8 Å². The molecule has 8 heteroatoms. The minimum Gasteiger partial charge on any atom is -0.459 e. The maximum atomic E-state index is 12.2. The van der Waals surface area contributed by atoms with Crippen LogP contribution in [0, 0.1) is 5.92 Å². The molecule has 1 atom stereocenters. The first kappa shape index (κ1) is 15.5. The third-order valence-corrected chi connectivity index (χ3v) is 2.03. The van der Waals surface area contributed by atoms with Gasteiger partial charge in [-0.15, -0.1) is 0 Å². The Labute approximate surface area is 107 Å². The van der Waals surface area contributed by atoms with Crippen LogP contribution in [0.4, 0.5) is 13.2 Å². The Hall–Kier alpha value is -1.57. The zero-order valence-electron chi connectivity index (χ0n) is 10.6. The fraction of sp³-hybridized carbons (Fsp3) is 0.636. The van der Waals surface area contributed by atoms with Crippen LogP contribution in [-0.4, -0.2) is 30.1 Å². The normalized spacial score (nSPS) is 20.3. The Morgan fingerprint density at radius 3 is 2.42 bits per heavy atom. The highest BCUT2D eigenvalue weighted by Gasteiger charge is 2.44. The van der Waals surface area contributed by atoms with Crippen molar-refractivity contribution >= 4 is 11.8 Å². The number of hydrogen-bond donors (Lipinski definition) is 1. The van der Waals surface area contributed by atoms with Gasteiger partial charge >= 0.3 is 17.9 Å². The number of hydrogen-bond acceptors (Lipinski definition) is 5. The molecule has 0 amide bonds. The number of Topliss-reactive ketones (excluding diaryl/α,β-unsaturated/α-hetero) is 1. The first-order valence-electron chi connectivity index (χ1n) is 5.46. The molecule has 108 valence electrons. The number of hydroxylamine groups is 1. The molecule has 0 fully saturated rings. The first-order chi connectivity index (χ1) is 8.50. The van der Waals surface area contributed by atoms with Crippen LogP contribution in [0.3, 0.4) is 0 Å². The van der Waals surface area contributed by atoms with Crippen LogP contribution in [0.2, 0.25) is 0 Å². The quantitative estimate of drug-likeness (QED) is 0.777. The second-order valence-corrected chi connectivity index (χ2v) is 4.95. The predicted octanol–water partition coefficient (Wildman–Crippen LogP) is 1.49. The number of carbonyl (C=O) groups is 2.